The molecule has 0 unspecified atom stereocenters. The molecule has 1 N–H and O–H groups in total. The maximum Gasteiger partial charge on any atom is 0.271 e. The smallest absolute Gasteiger partial charge is 0.271 e. The van der Waals surface area contributed by atoms with Crippen molar-refractivity contribution in [2.24, 2.45) is 7.05 Å². The zero-order valence-electron chi connectivity index (χ0n) is 14.3. The first-order valence-electron chi connectivity index (χ1n) is 7.99. The number of aryl methyl sites for hydroxylation is 1. The summed E-state index contributed by atoms with van der Waals surface area (Å²) in [5.41, 5.74) is 2.39. The van der Waals surface area contributed by atoms with Gasteiger partial charge in [0.2, 0.25) is 0 Å². The van der Waals surface area contributed by atoms with Gasteiger partial charge >= 0.3 is 0 Å². The van der Waals surface area contributed by atoms with Crippen LogP contribution in [0, 0.1) is 11.3 Å². The molecule has 0 bridgehead atoms. The summed E-state index contributed by atoms with van der Waals surface area (Å²) in [5, 5.41) is 16.7. The molecule has 3 rings (SSSR count). The maximum atomic E-state index is 12.1. The maximum absolute atomic E-state index is 12.1. The Bertz CT molecular complexity index is 984. The number of nitriles is 1. The van der Waals surface area contributed by atoms with Crippen LogP contribution >= 0.6 is 11.6 Å². The summed E-state index contributed by atoms with van der Waals surface area (Å²) in [4.78, 5) is 16.1. The zero-order chi connectivity index (χ0) is 18.7. The first-order chi connectivity index (χ1) is 12.5. The van der Waals surface area contributed by atoms with E-state index >= 15 is 0 Å². The third kappa shape index (κ3) is 3.76. The Morgan fingerprint density at radius 1 is 1.42 bits per heavy atom. The van der Waals surface area contributed by atoms with Crippen molar-refractivity contribution in [1.29, 1.82) is 5.26 Å². The second-order valence-electron chi connectivity index (χ2n) is 5.97. The van der Waals surface area contributed by atoms with E-state index in [1.165, 1.54) is 0 Å². The highest BCUT2D eigenvalue weighted by Crippen LogP contribution is 2.24. The number of carbonyl (C=O) groups excluding carboxylic acids is 1. The second-order valence-corrected chi connectivity index (χ2v) is 6.38. The lowest BCUT2D eigenvalue weighted by molar-refractivity contribution is 0.0943. The molecular weight excluding hydrogens is 352 g/mol. The van der Waals surface area contributed by atoms with Crippen LogP contribution in [0.5, 0.6) is 0 Å². The Balaban J connectivity index is 1.66. The average molecular weight is 369 g/mol. The molecule has 7 nitrogen and oxygen atoms in total. The molecule has 132 valence electrons. The topological polar surface area (TPSA) is 88.5 Å². The van der Waals surface area contributed by atoms with Crippen molar-refractivity contribution >= 4 is 17.5 Å². The molecule has 0 spiro atoms. The van der Waals surface area contributed by atoms with E-state index in [9.17, 15) is 4.79 Å². The number of nitrogens with zero attached hydrogens (tertiary/aromatic N) is 5. The Morgan fingerprint density at radius 2 is 2.23 bits per heavy atom. The van der Waals surface area contributed by atoms with Crippen LogP contribution in [0.1, 0.15) is 29.0 Å². The van der Waals surface area contributed by atoms with Gasteiger partial charge in [-0.3, -0.25) is 9.48 Å². The number of halogens is 1. The van der Waals surface area contributed by atoms with Gasteiger partial charge in [-0.05, 0) is 25.1 Å². The highest BCUT2D eigenvalue weighted by Gasteiger charge is 2.13. The number of carbonyl (C=O) groups is 1. The summed E-state index contributed by atoms with van der Waals surface area (Å²) >= 11 is 6.08. The molecule has 3 aromatic rings. The van der Waals surface area contributed by atoms with E-state index in [4.69, 9.17) is 16.9 Å². The van der Waals surface area contributed by atoms with E-state index in [2.05, 4.69) is 15.4 Å². The number of hydrogen-bond donors (Lipinski definition) is 1. The minimum atomic E-state index is -0.219. The van der Waals surface area contributed by atoms with Crippen LogP contribution in [0.25, 0.3) is 11.3 Å². The molecule has 0 radical (unpaired) electrons. The molecule has 0 fully saturated rings. The van der Waals surface area contributed by atoms with Crippen molar-refractivity contribution < 1.29 is 4.79 Å². The lowest BCUT2D eigenvalue weighted by Gasteiger charge is -2.12. The summed E-state index contributed by atoms with van der Waals surface area (Å²) in [6.07, 6.45) is 5.10. The van der Waals surface area contributed by atoms with E-state index in [1.54, 1.807) is 33.9 Å². The molecule has 1 atom stereocenters. The molecule has 1 aromatic carbocycles. The normalized spacial score (nSPS) is 11.8. The number of rotatable bonds is 5. The van der Waals surface area contributed by atoms with Crippen LogP contribution in [0.3, 0.4) is 0 Å². The molecule has 1 amide bonds. The molecule has 8 heteroatoms. The first kappa shape index (κ1) is 17.7. The Labute approximate surface area is 155 Å². The minimum Gasteiger partial charge on any atom is -0.349 e. The standard InChI is InChI=1S/C18H17ClN6O/c1-12(9-21-18(26)17-10-24(2)11-22-17)25-6-5-16(23-25)13-3-4-14(8-20)15(19)7-13/h3-7,10-12H,9H2,1-2H3,(H,21,26)/t12-/m1/s1. The van der Waals surface area contributed by atoms with Crippen molar-refractivity contribution in [2.75, 3.05) is 6.54 Å². The molecule has 0 aliphatic rings. The predicted molar refractivity (Wildman–Crippen MR) is 97.6 cm³/mol. The predicted octanol–water partition coefficient (Wildman–Crippen LogP) is 2.80. The van der Waals surface area contributed by atoms with Gasteiger partial charge in [-0.2, -0.15) is 10.4 Å². The Morgan fingerprint density at radius 3 is 2.88 bits per heavy atom. The quantitative estimate of drug-likeness (QED) is 0.750. The van der Waals surface area contributed by atoms with E-state index in [-0.39, 0.29) is 11.9 Å². The van der Waals surface area contributed by atoms with Gasteiger partial charge in [0.25, 0.3) is 5.91 Å². The molecule has 0 aliphatic heterocycles. The van der Waals surface area contributed by atoms with Gasteiger partial charge < -0.3 is 9.88 Å². The number of nitrogens with one attached hydrogen (secondary N) is 1. The summed E-state index contributed by atoms with van der Waals surface area (Å²) in [5.74, 6) is -0.219. The van der Waals surface area contributed by atoms with Crippen LogP contribution < -0.4 is 5.32 Å². The largest absolute Gasteiger partial charge is 0.349 e. The third-order valence-electron chi connectivity index (χ3n) is 3.94. The average Bonchev–Trinajstić information content (AvgIpc) is 3.28. The number of benzene rings is 1. The Hall–Kier alpha value is -3.11. The van der Waals surface area contributed by atoms with Gasteiger partial charge in [-0.15, -0.1) is 0 Å². The van der Waals surface area contributed by atoms with Crippen LogP contribution in [-0.4, -0.2) is 31.8 Å². The zero-order valence-corrected chi connectivity index (χ0v) is 15.1. The third-order valence-corrected chi connectivity index (χ3v) is 4.25. The van der Waals surface area contributed by atoms with Crippen molar-refractivity contribution in [2.45, 2.75) is 13.0 Å². The van der Waals surface area contributed by atoms with Crippen molar-refractivity contribution in [3.63, 3.8) is 0 Å². The fourth-order valence-corrected chi connectivity index (χ4v) is 2.68. The lowest BCUT2D eigenvalue weighted by Crippen LogP contribution is -2.30. The first-order valence-corrected chi connectivity index (χ1v) is 8.37. The van der Waals surface area contributed by atoms with Crippen LogP contribution in [0.2, 0.25) is 5.02 Å². The van der Waals surface area contributed by atoms with Gasteiger partial charge in [0.05, 0.1) is 28.6 Å². The lowest BCUT2D eigenvalue weighted by atomic mass is 10.1. The van der Waals surface area contributed by atoms with Crippen LogP contribution in [-0.2, 0) is 7.05 Å². The minimum absolute atomic E-state index is 0.0368. The van der Waals surface area contributed by atoms with Crippen molar-refractivity contribution in [1.82, 2.24) is 24.6 Å². The van der Waals surface area contributed by atoms with Gasteiger partial charge in [-0.1, -0.05) is 17.7 Å². The second kappa shape index (κ2) is 7.42. The van der Waals surface area contributed by atoms with Gasteiger partial charge in [0.15, 0.2) is 0 Å². The van der Waals surface area contributed by atoms with Gasteiger partial charge in [0, 0.05) is 31.5 Å². The molecule has 26 heavy (non-hydrogen) atoms. The van der Waals surface area contributed by atoms with E-state index in [1.807, 2.05) is 38.4 Å². The highest BCUT2D eigenvalue weighted by molar-refractivity contribution is 6.32. The fourth-order valence-electron chi connectivity index (χ4n) is 2.46. The van der Waals surface area contributed by atoms with E-state index in [0.29, 0.717) is 22.8 Å². The molecule has 2 heterocycles. The molecule has 0 aliphatic carbocycles. The fraction of sp³-hybridized carbons (Fsp3) is 0.222. The van der Waals surface area contributed by atoms with Crippen molar-refractivity contribution in [3.8, 4) is 17.3 Å². The molecular formula is C18H17ClN6O. The monoisotopic (exact) mass is 368 g/mol. The van der Waals surface area contributed by atoms with Gasteiger partial charge in [-0.25, -0.2) is 4.98 Å². The van der Waals surface area contributed by atoms with Crippen LogP contribution in [0.15, 0.2) is 43.0 Å². The van der Waals surface area contributed by atoms with E-state index in [0.717, 1.165) is 11.3 Å². The highest BCUT2D eigenvalue weighted by atomic mass is 35.5. The molecule has 0 saturated heterocycles. The number of hydrogen-bond acceptors (Lipinski definition) is 4. The summed E-state index contributed by atoms with van der Waals surface area (Å²) in [6, 6.07) is 9.07. The van der Waals surface area contributed by atoms with Crippen molar-refractivity contribution in [3.05, 3.63) is 59.3 Å². The van der Waals surface area contributed by atoms with Gasteiger partial charge in [0.1, 0.15) is 11.8 Å². The van der Waals surface area contributed by atoms with Crippen LogP contribution in [0.4, 0.5) is 0 Å². The summed E-state index contributed by atoms with van der Waals surface area (Å²) in [7, 11) is 1.81. The molecule has 0 saturated carbocycles. The number of imidazole rings is 1. The SMILES string of the molecule is C[C@H](CNC(=O)c1cn(C)cn1)n1ccc(-c2ccc(C#N)c(Cl)c2)n1. The summed E-state index contributed by atoms with van der Waals surface area (Å²) < 4.78 is 3.50. The summed E-state index contributed by atoms with van der Waals surface area (Å²) in [6.45, 7) is 2.38. The number of amides is 1. The number of aromatic nitrogens is 4. The van der Waals surface area contributed by atoms with E-state index < -0.39 is 0 Å². The Kier molecular flexibility index (Phi) is 5.05. The molecule has 2 aromatic heterocycles.